The van der Waals surface area contributed by atoms with Crippen molar-refractivity contribution in [1.29, 1.82) is 0 Å². The maximum atomic E-state index is 12.1. The van der Waals surface area contributed by atoms with Gasteiger partial charge in [-0.1, -0.05) is 6.07 Å². The van der Waals surface area contributed by atoms with Crippen LogP contribution in [0.4, 0.5) is 5.69 Å². The largest absolute Gasteiger partial charge is 0.478 e. The molecule has 0 bridgehead atoms. The molecule has 0 amide bonds. The Bertz CT molecular complexity index is 811. The fraction of sp³-hybridized carbons (Fsp3) is 0.0714. The van der Waals surface area contributed by atoms with E-state index in [1.54, 1.807) is 17.5 Å². The number of benzene rings is 1. The van der Waals surface area contributed by atoms with E-state index in [0.29, 0.717) is 10.9 Å². The lowest BCUT2D eigenvalue weighted by Gasteiger charge is -2.07. The molecule has 2 N–H and O–H groups in total. The van der Waals surface area contributed by atoms with Gasteiger partial charge in [-0.15, -0.1) is 11.3 Å². The minimum atomic E-state index is -1.60. The zero-order chi connectivity index (χ0) is 17.1. The molecule has 0 atom stereocenters. The maximum Gasteiger partial charge on any atom is 0.336 e. The first-order chi connectivity index (χ1) is 10.8. The highest BCUT2D eigenvalue weighted by Crippen LogP contribution is 2.26. The Kier molecular flexibility index (Phi) is 4.51. The molecule has 0 saturated carbocycles. The van der Waals surface area contributed by atoms with Crippen LogP contribution in [0.25, 0.3) is 0 Å². The summed E-state index contributed by atoms with van der Waals surface area (Å²) in [5.74, 6) is -3.55. The molecule has 1 heterocycles. The fourth-order valence-electron chi connectivity index (χ4n) is 2.00. The predicted octanol–water partition coefficient (Wildman–Crippen LogP) is 2.48. The fourth-order valence-corrected chi connectivity index (χ4v) is 2.66. The van der Waals surface area contributed by atoms with Crippen molar-refractivity contribution in [2.24, 2.45) is 0 Å². The molecule has 0 fully saturated rings. The summed E-state index contributed by atoms with van der Waals surface area (Å²) in [7, 11) is 0. The van der Waals surface area contributed by atoms with Crippen molar-refractivity contribution in [3.8, 4) is 0 Å². The van der Waals surface area contributed by atoms with E-state index >= 15 is 0 Å². The monoisotopic (exact) mass is 335 g/mol. The van der Waals surface area contributed by atoms with Crippen LogP contribution < -0.4 is 0 Å². The summed E-state index contributed by atoms with van der Waals surface area (Å²) < 4.78 is 0. The minimum Gasteiger partial charge on any atom is -0.478 e. The molecule has 0 radical (unpaired) electrons. The molecule has 9 heteroatoms. The average molecular weight is 335 g/mol. The van der Waals surface area contributed by atoms with Gasteiger partial charge >= 0.3 is 11.9 Å². The third-order valence-electron chi connectivity index (χ3n) is 3.02. The second-order valence-corrected chi connectivity index (χ2v) is 5.42. The second-order valence-electron chi connectivity index (χ2n) is 4.47. The predicted molar refractivity (Wildman–Crippen MR) is 79.4 cm³/mol. The van der Waals surface area contributed by atoms with Gasteiger partial charge in [-0.05, 0) is 17.5 Å². The third kappa shape index (κ3) is 3.40. The first-order valence-electron chi connectivity index (χ1n) is 6.16. The number of carboxylic acid groups (broad SMARTS) is 2. The van der Waals surface area contributed by atoms with Gasteiger partial charge in [0.1, 0.15) is 0 Å². The van der Waals surface area contributed by atoms with Crippen molar-refractivity contribution in [3.63, 3.8) is 0 Å². The number of ketones is 1. The van der Waals surface area contributed by atoms with Crippen LogP contribution in [-0.2, 0) is 6.42 Å². The van der Waals surface area contributed by atoms with Crippen LogP contribution >= 0.6 is 11.3 Å². The molecule has 0 aliphatic carbocycles. The first-order valence-corrected chi connectivity index (χ1v) is 7.03. The van der Waals surface area contributed by atoms with E-state index in [0.717, 1.165) is 17.4 Å². The van der Waals surface area contributed by atoms with E-state index < -0.39 is 45.9 Å². The number of Topliss-reactive ketones (excluding diaryl/α,β-unsaturated/α-hetero) is 1. The molecule has 0 aliphatic heterocycles. The van der Waals surface area contributed by atoms with E-state index in [9.17, 15) is 24.5 Å². The standard InChI is InChI=1S/C14H9NO7S/c16-11(12-2-1-3-23-12)5-7-4-8(13(17)18)9(14(19)20)6-10(7)15(21)22/h1-4,6H,5H2,(H,17,18)(H,19,20). The molecule has 2 rings (SSSR count). The molecular formula is C14H9NO7S. The van der Waals surface area contributed by atoms with Crippen LogP contribution in [0.1, 0.15) is 36.0 Å². The number of nitro benzene ring substituents is 1. The van der Waals surface area contributed by atoms with Crippen LogP contribution in [0.3, 0.4) is 0 Å². The Hall–Kier alpha value is -3.07. The number of carbonyl (C=O) groups excluding carboxylic acids is 1. The molecule has 23 heavy (non-hydrogen) atoms. The van der Waals surface area contributed by atoms with Crippen LogP contribution in [0.5, 0.6) is 0 Å². The number of thiophene rings is 1. The molecule has 1 aromatic carbocycles. The Morgan fingerprint density at radius 2 is 1.74 bits per heavy atom. The van der Waals surface area contributed by atoms with Gasteiger partial charge in [-0.3, -0.25) is 14.9 Å². The molecule has 0 spiro atoms. The lowest BCUT2D eigenvalue weighted by Crippen LogP contribution is -2.12. The zero-order valence-corrected chi connectivity index (χ0v) is 12.2. The van der Waals surface area contributed by atoms with E-state index in [2.05, 4.69) is 0 Å². The van der Waals surface area contributed by atoms with Crippen LogP contribution in [-0.4, -0.2) is 32.9 Å². The Morgan fingerprint density at radius 1 is 1.13 bits per heavy atom. The van der Waals surface area contributed by atoms with Crippen molar-refractivity contribution < 1.29 is 29.5 Å². The van der Waals surface area contributed by atoms with Crippen molar-refractivity contribution in [2.45, 2.75) is 6.42 Å². The van der Waals surface area contributed by atoms with Gasteiger partial charge in [0.25, 0.3) is 5.69 Å². The van der Waals surface area contributed by atoms with Gasteiger partial charge in [-0.2, -0.15) is 0 Å². The normalized spacial score (nSPS) is 10.3. The second kappa shape index (κ2) is 6.36. The summed E-state index contributed by atoms with van der Waals surface area (Å²) in [5, 5.41) is 30.8. The summed E-state index contributed by atoms with van der Waals surface area (Å²) in [6.45, 7) is 0. The lowest BCUT2D eigenvalue weighted by molar-refractivity contribution is -0.385. The molecule has 0 aliphatic rings. The summed E-state index contributed by atoms with van der Waals surface area (Å²) in [4.78, 5) is 44.9. The molecule has 0 saturated heterocycles. The first kappa shape index (κ1) is 16.3. The van der Waals surface area contributed by atoms with Gasteiger partial charge in [0.2, 0.25) is 0 Å². The molecule has 1 aromatic heterocycles. The van der Waals surface area contributed by atoms with Crippen LogP contribution in [0.2, 0.25) is 0 Å². The smallest absolute Gasteiger partial charge is 0.336 e. The van der Waals surface area contributed by atoms with E-state index in [4.69, 9.17) is 10.2 Å². The topological polar surface area (TPSA) is 135 Å². The number of nitrogens with zero attached hydrogens (tertiary/aromatic N) is 1. The van der Waals surface area contributed by atoms with Crippen molar-refractivity contribution >= 4 is 34.7 Å². The SMILES string of the molecule is O=C(Cc1cc(C(=O)O)c(C(=O)O)cc1[N+](=O)[O-])c1cccs1. The summed E-state index contributed by atoms with van der Waals surface area (Å²) in [6.07, 6.45) is -0.392. The van der Waals surface area contributed by atoms with Gasteiger partial charge < -0.3 is 10.2 Å². The van der Waals surface area contributed by atoms with Crippen LogP contribution in [0, 0.1) is 10.1 Å². The molecule has 0 unspecified atom stereocenters. The number of aromatic carboxylic acids is 2. The zero-order valence-electron chi connectivity index (χ0n) is 11.4. The van der Waals surface area contributed by atoms with Gasteiger partial charge in [0.05, 0.1) is 20.9 Å². The number of rotatable bonds is 6. The maximum absolute atomic E-state index is 12.1. The number of nitro groups is 1. The number of carbonyl (C=O) groups is 3. The highest BCUT2D eigenvalue weighted by Gasteiger charge is 2.26. The number of hydrogen-bond donors (Lipinski definition) is 2. The van der Waals surface area contributed by atoms with Crippen molar-refractivity contribution in [1.82, 2.24) is 0 Å². The molecule has 8 nitrogen and oxygen atoms in total. The quantitative estimate of drug-likeness (QED) is 0.470. The highest BCUT2D eigenvalue weighted by molar-refractivity contribution is 7.12. The molecule has 118 valence electrons. The number of carboxylic acids is 2. The summed E-state index contributed by atoms with van der Waals surface area (Å²) in [5.41, 5.74) is -2.04. The lowest BCUT2D eigenvalue weighted by atomic mass is 9.98. The van der Waals surface area contributed by atoms with E-state index in [1.165, 1.54) is 0 Å². The Labute approximate surface area is 132 Å². The third-order valence-corrected chi connectivity index (χ3v) is 3.93. The van der Waals surface area contributed by atoms with Gasteiger partial charge in [-0.25, -0.2) is 9.59 Å². The van der Waals surface area contributed by atoms with Crippen molar-refractivity contribution in [3.05, 3.63) is 61.3 Å². The minimum absolute atomic E-state index is 0.143. The highest BCUT2D eigenvalue weighted by atomic mass is 32.1. The van der Waals surface area contributed by atoms with E-state index in [1.807, 2.05) is 0 Å². The average Bonchev–Trinajstić information content (AvgIpc) is 3.00. The molecular weight excluding hydrogens is 326 g/mol. The van der Waals surface area contributed by atoms with Gasteiger partial charge in [0, 0.05) is 18.1 Å². The Balaban J connectivity index is 2.55. The summed E-state index contributed by atoms with van der Waals surface area (Å²) >= 11 is 1.15. The number of hydrogen-bond acceptors (Lipinski definition) is 6. The molecule has 2 aromatic rings. The van der Waals surface area contributed by atoms with E-state index in [-0.39, 0.29) is 5.56 Å². The van der Waals surface area contributed by atoms with Crippen molar-refractivity contribution in [2.75, 3.05) is 0 Å². The summed E-state index contributed by atoms with van der Waals surface area (Å²) in [6, 6.07) is 4.73. The Morgan fingerprint density at radius 3 is 2.22 bits per heavy atom. The van der Waals surface area contributed by atoms with Crippen LogP contribution in [0.15, 0.2) is 29.6 Å². The van der Waals surface area contributed by atoms with Gasteiger partial charge in [0.15, 0.2) is 5.78 Å².